The van der Waals surface area contributed by atoms with E-state index in [1.54, 1.807) is 0 Å². The molecule has 0 radical (unpaired) electrons. The summed E-state index contributed by atoms with van der Waals surface area (Å²) in [5.74, 6) is -0.0200. The second-order valence-corrected chi connectivity index (χ2v) is 3.46. The molecule has 0 spiro atoms. The van der Waals surface area contributed by atoms with Crippen LogP contribution in [0.25, 0.3) is 0 Å². The van der Waals surface area contributed by atoms with E-state index in [2.05, 4.69) is 19.2 Å². The molecule has 0 fully saturated rings. The van der Waals surface area contributed by atoms with E-state index < -0.39 is 0 Å². The Labute approximate surface area is 86.3 Å². The third-order valence-electron chi connectivity index (χ3n) is 2.39. The predicted octanol–water partition coefficient (Wildman–Crippen LogP) is 0.215. The third kappa shape index (κ3) is 5.19. The van der Waals surface area contributed by atoms with Gasteiger partial charge in [-0.1, -0.05) is 13.8 Å². The molecule has 0 aliphatic rings. The van der Waals surface area contributed by atoms with Gasteiger partial charge in [0.2, 0.25) is 5.91 Å². The summed E-state index contributed by atoms with van der Waals surface area (Å²) >= 11 is 0. The number of carbonyl (C=O) groups is 1. The van der Waals surface area contributed by atoms with E-state index in [9.17, 15) is 4.79 Å². The molecule has 84 valence electrons. The number of carbonyl (C=O) groups excluding carboxylic acids is 1. The fourth-order valence-electron chi connectivity index (χ4n) is 1.52. The molecule has 0 atom stereocenters. The number of hydrogen-bond donors (Lipinski definition) is 2. The second kappa shape index (κ2) is 7.76. The van der Waals surface area contributed by atoms with Crippen molar-refractivity contribution in [1.82, 2.24) is 10.2 Å². The lowest BCUT2D eigenvalue weighted by Gasteiger charge is -2.25. The van der Waals surface area contributed by atoms with Gasteiger partial charge < -0.3 is 10.4 Å². The SMILES string of the molecule is CCC(CC)N(C)CC(=O)NCCO. The molecule has 4 heteroatoms. The Morgan fingerprint density at radius 2 is 2.00 bits per heavy atom. The summed E-state index contributed by atoms with van der Waals surface area (Å²) in [4.78, 5) is 13.3. The van der Waals surface area contributed by atoms with Crippen molar-refractivity contribution in [2.24, 2.45) is 0 Å². The van der Waals surface area contributed by atoms with Crippen LogP contribution in [-0.2, 0) is 4.79 Å². The Morgan fingerprint density at radius 1 is 1.43 bits per heavy atom. The molecule has 0 aromatic rings. The summed E-state index contributed by atoms with van der Waals surface area (Å²) in [6.07, 6.45) is 2.11. The molecule has 0 heterocycles. The van der Waals surface area contributed by atoms with Gasteiger partial charge in [0.15, 0.2) is 0 Å². The van der Waals surface area contributed by atoms with Crippen LogP contribution in [0.15, 0.2) is 0 Å². The standard InChI is InChI=1S/C10H22N2O2/c1-4-9(5-2)12(3)8-10(14)11-6-7-13/h9,13H,4-8H2,1-3H3,(H,11,14). The van der Waals surface area contributed by atoms with Crippen molar-refractivity contribution in [2.45, 2.75) is 32.7 Å². The molecule has 0 saturated heterocycles. The first kappa shape index (κ1) is 13.4. The van der Waals surface area contributed by atoms with Crippen LogP contribution in [0.3, 0.4) is 0 Å². The Bertz CT molecular complexity index is 158. The highest BCUT2D eigenvalue weighted by Crippen LogP contribution is 2.04. The fourth-order valence-corrected chi connectivity index (χ4v) is 1.52. The average molecular weight is 202 g/mol. The minimum atomic E-state index is -0.0200. The minimum absolute atomic E-state index is 0.000435. The molecule has 0 aliphatic carbocycles. The van der Waals surface area contributed by atoms with Crippen LogP contribution in [-0.4, -0.2) is 48.7 Å². The fraction of sp³-hybridized carbons (Fsp3) is 0.900. The predicted molar refractivity (Wildman–Crippen MR) is 57.1 cm³/mol. The van der Waals surface area contributed by atoms with Crippen LogP contribution in [0.5, 0.6) is 0 Å². The van der Waals surface area contributed by atoms with E-state index in [0.29, 0.717) is 19.1 Å². The van der Waals surface area contributed by atoms with Crippen molar-refractivity contribution < 1.29 is 9.90 Å². The van der Waals surface area contributed by atoms with Gasteiger partial charge in [0, 0.05) is 12.6 Å². The second-order valence-electron chi connectivity index (χ2n) is 3.46. The first-order valence-corrected chi connectivity index (χ1v) is 5.23. The molecule has 0 bridgehead atoms. The van der Waals surface area contributed by atoms with Gasteiger partial charge in [-0.25, -0.2) is 0 Å². The highest BCUT2D eigenvalue weighted by molar-refractivity contribution is 5.77. The van der Waals surface area contributed by atoms with Gasteiger partial charge in [-0.05, 0) is 19.9 Å². The normalized spacial score (nSPS) is 11.0. The third-order valence-corrected chi connectivity index (χ3v) is 2.39. The lowest BCUT2D eigenvalue weighted by molar-refractivity contribution is -0.122. The van der Waals surface area contributed by atoms with E-state index in [0.717, 1.165) is 12.8 Å². The number of rotatable bonds is 7. The van der Waals surface area contributed by atoms with Gasteiger partial charge in [-0.15, -0.1) is 0 Å². The minimum Gasteiger partial charge on any atom is -0.395 e. The molecule has 0 aromatic heterocycles. The number of amides is 1. The Kier molecular flexibility index (Phi) is 7.42. The van der Waals surface area contributed by atoms with Crippen LogP contribution in [0.2, 0.25) is 0 Å². The first-order chi connectivity index (χ1) is 6.65. The van der Waals surface area contributed by atoms with Crippen molar-refractivity contribution in [3.8, 4) is 0 Å². The smallest absolute Gasteiger partial charge is 0.234 e. The van der Waals surface area contributed by atoms with E-state index >= 15 is 0 Å². The highest BCUT2D eigenvalue weighted by atomic mass is 16.3. The zero-order valence-electron chi connectivity index (χ0n) is 9.42. The summed E-state index contributed by atoms with van der Waals surface area (Å²) in [5, 5.41) is 11.2. The molecule has 0 rings (SSSR count). The lowest BCUT2D eigenvalue weighted by atomic mass is 10.1. The van der Waals surface area contributed by atoms with Crippen molar-refractivity contribution in [3.63, 3.8) is 0 Å². The van der Waals surface area contributed by atoms with Crippen LogP contribution in [0.1, 0.15) is 26.7 Å². The maximum atomic E-state index is 11.3. The number of hydrogen-bond acceptors (Lipinski definition) is 3. The van der Waals surface area contributed by atoms with Crippen LogP contribution < -0.4 is 5.32 Å². The Balaban J connectivity index is 3.79. The van der Waals surface area contributed by atoms with Gasteiger partial charge in [0.25, 0.3) is 0 Å². The van der Waals surface area contributed by atoms with E-state index in [1.165, 1.54) is 0 Å². The molecule has 0 aliphatic heterocycles. The topological polar surface area (TPSA) is 52.6 Å². The van der Waals surface area contributed by atoms with E-state index in [4.69, 9.17) is 5.11 Å². The monoisotopic (exact) mass is 202 g/mol. The van der Waals surface area contributed by atoms with Gasteiger partial charge in [0.1, 0.15) is 0 Å². The summed E-state index contributed by atoms with van der Waals surface area (Å²) in [6, 6.07) is 0.467. The van der Waals surface area contributed by atoms with Crippen molar-refractivity contribution in [2.75, 3.05) is 26.7 Å². The molecule has 0 saturated carbocycles. The quantitative estimate of drug-likeness (QED) is 0.621. The molecule has 0 unspecified atom stereocenters. The average Bonchev–Trinajstić information content (AvgIpc) is 2.16. The molecular weight excluding hydrogens is 180 g/mol. The molecule has 4 nitrogen and oxygen atoms in total. The first-order valence-electron chi connectivity index (χ1n) is 5.23. The number of likely N-dealkylation sites (N-methyl/N-ethyl adjacent to an activating group) is 1. The largest absolute Gasteiger partial charge is 0.395 e. The molecule has 1 amide bonds. The number of nitrogens with one attached hydrogen (secondary N) is 1. The van der Waals surface area contributed by atoms with E-state index in [1.807, 2.05) is 11.9 Å². The number of nitrogens with zero attached hydrogens (tertiary/aromatic N) is 1. The zero-order chi connectivity index (χ0) is 11.0. The highest BCUT2D eigenvalue weighted by Gasteiger charge is 2.13. The maximum absolute atomic E-state index is 11.3. The lowest BCUT2D eigenvalue weighted by Crippen LogP contribution is -2.40. The molecule has 0 aromatic carbocycles. The molecule has 14 heavy (non-hydrogen) atoms. The van der Waals surface area contributed by atoms with Crippen molar-refractivity contribution >= 4 is 5.91 Å². The zero-order valence-corrected chi connectivity index (χ0v) is 9.42. The van der Waals surface area contributed by atoms with Crippen LogP contribution in [0, 0.1) is 0 Å². The number of aliphatic hydroxyl groups excluding tert-OH is 1. The van der Waals surface area contributed by atoms with Gasteiger partial charge in [-0.2, -0.15) is 0 Å². The summed E-state index contributed by atoms with van der Waals surface area (Å²) in [6.45, 7) is 5.00. The number of aliphatic hydroxyl groups is 1. The molecular formula is C10H22N2O2. The van der Waals surface area contributed by atoms with Gasteiger partial charge in [0.05, 0.1) is 13.2 Å². The van der Waals surface area contributed by atoms with Gasteiger partial charge >= 0.3 is 0 Å². The van der Waals surface area contributed by atoms with Crippen LogP contribution >= 0.6 is 0 Å². The summed E-state index contributed by atoms with van der Waals surface area (Å²) < 4.78 is 0. The van der Waals surface area contributed by atoms with Crippen LogP contribution in [0.4, 0.5) is 0 Å². The van der Waals surface area contributed by atoms with Crippen molar-refractivity contribution in [3.05, 3.63) is 0 Å². The maximum Gasteiger partial charge on any atom is 0.234 e. The Morgan fingerprint density at radius 3 is 2.43 bits per heavy atom. The van der Waals surface area contributed by atoms with Crippen molar-refractivity contribution in [1.29, 1.82) is 0 Å². The Hall–Kier alpha value is -0.610. The summed E-state index contributed by atoms with van der Waals surface area (Å²) in [5.41, 5.74) is 0. The van der Waals surface area contributed by atoms with Gasteiger partial charge in [-0.3, -0.25) is 9.69 Å². The molecule has 2 N–H and O–H groups in total. The van der Waals surface area contributed by atoms with E-state index in [-0.39, 0.29) is 12.5 Å². The summed E-state index contributed by atoms with van der Waals surface area (Å²) in [7, 11) is 1.95.